The summed E-state index contributed by atoms with van der Waals surface area (Å²) in [6.45, 7) is 6.18. The number of guanidine groups is 1. The van der Waals surface area contributed by atoms with E-state index in [0.717, 1.165) is 49.9 Å². The maximum absolute atomic E-state index is 9.65. The Hall–Kier alpha value is -2.04. The topological polar surface area (TPSA) is 78.4 Å². The molecule has 0 bridgehead atoms. The molecule has 8 heteroatoms. The van der Waals surface area contributed by atoms with Crippen LogP contribution in [0.25, 0.3) is 0 Å². The van der Waals surface area contributed by atoms with Gasteiger partial charge in [-0.2, -0.15) is 0 Å². The number of para-hydroxylation sites is 2. The Bertz CT molecular complexity index is 855. The first kappa shape index (κ1) is 27.2. The molecule has 0 saturated carbocycles. The minimum atomic E-state index is -0.126. The minimum absolute atomic E-state index is 0. The minimum Gasteiger partial charge on any atom is -0.493 e. The van der Waals surface area contributed by atoms with Gasteiger partial charge < -0.3 is 25.2 Å². The molecule has 1 saturated heterocycles. The van der Waals surface area contributed by atoms with Gasteiger partial charge in [-0.05, 0) is 43.0 Å². The van der Waals surface area contributed by atoms with Crippen LogP contribution in [0.15, 0.2) is 53.5 Å². The van der Waals surface area contributed by atoms with E-state index in [9.17, 15) is 5.11 Å². The molecule has 7 nitrogen and oxygen atoms in total. The molecular formula is C25H37IN4O3. The first-order valence-electron chi connectivity index (χ1n) is 11.3. The van der Waals surface area contributed by atoms with Crippen LogP contribution in [-0.4, -0.2) is 62.0 Å². The van der Waals surface area contributed by atoms with Crippen LogP contribution >= 0.6 is 24.0 Å². The summed E-state index contributed by atoms with van der Waals surface area (Å²) in [5, 5.41) is 16.3. The zero-order valence-electron chi connectivity index (χ0n) is 19.8. The number of rotatable bonds is 9. The molecule has 33 heavy (non-hydrogen) atoms. The molecule has 0 aromatic heterocycles. The fraction of sp³-hybridized carbons (Fsp3) is 0.480. The first-order chi connectivity index (χ1) is 15.6. The predicted molar refractivity (Wildman–Crippen MR) is 144 cm³/mol. The van der Waals surface area contributed by atoms with Gasteiger partial charge in [0.25, 0.3) is 0 Å². The van der Waals surface area contributed by atoms with Crippen LogP contribution < -0.4 is 20.1 Å². The molecule has 1 fully saturated rings. The number of hydrogen-bond donors (Lipinski definition) is 3. The molecule has 1 aliphatic heterocycles. The summed E-state index contributed by atoms with van der Waals surface area (Å²) in [4.78, 5) is 6.71. The van der Waals surface area contributed by atoms with Gasteiger partial charge in [-0.1, -0.05) is 36.4 Å². The second-order valence-corrected chi connectivity index (χ2v) is 8.21. The van der Waals surface area contributed by atoms with Gasteiger partial charge >= 0.3 is 0 Å². The van der Waals surface area contributed by atoms with E-state index in [1.165, 1.54) is 11.1 Å². The quantitative estimate of drug-likeness (QED) is 0.245. The lowest BCUT2D eigenvalue weighted by Crippen LogP contribution is -2.41. The van der Waals surface area contributed by atoms with Crippen molar-refractivity contribution < 1.29 is 14.6 Å². The number of aliphatic imine (C=N–C) groups is 1. The van der Waals surface area contributed by atoms with Crippen molar-refractivity contribution in [3.8, 4) is 11.5 Å². The third-order valence-corrected chi connectivity index (χ3v) is 5.62. The third-order valence-electron chi connectivity index (χ3n) is 5.62. The Morgan fingerprint density at radius 3 is 2.33 bits per heavy atom. The summed E-state index contributed by atoms with van der Waals surface area (Å²) in [5.74, 6) is 2.19. The third kappa shape index (κ3) is 9.02. The normalized spacial score (nSPS) is 15.9. The Kier molecular flexibility index (Phi) is 11.8. The summed E-state index contributed by atoms with van der Waals surface area (Å²) < 4.78 is 11.3. The Morgan fingerprint density at radius 1 is 1.06 bits per heavy atom. The van der Waals surface area contributed by atoms with Gasteiger partial charge in [0.15, 0.2) is 17.5 Å². The van der Waals surface area contributed by atoms with Crippen LogP contribution in [0.1, 0.15) is 30.9 Å². The average Bonchev–Trinajstić information content (AvgIpc) is 2.82. The van der Waals surface area contributed by atoms with E-state index < -0.39 is 0 Å². The second kappa shape index (κ2) is 14.3. The van der Waals surface area contributed by atoms with Crippen molar-refractivity contribution in [3.05, 3.63) is 59.7 Å². The highest BCUT2D eigenvalue weighted by Gasteiger charge is 2.16. The number of likely N-dealkylation sites (tertiary alicyclic amines) is 1. The van der Waals surface area contributed by atoms with E-state index in [1.807, 2.05) is 31.2 Å². The highest BCUT2D eigenvalue weighted by atomic mass is 127. The summed E-state index contributed by atoms with van der Waals surface area (Å²) in [6.07, 6.45) is 1.56. The average molecular weight is 569 g/mol. The van der Waals surface area contributed by atoms with E-state index in [-0.39, 0.29) is 36.2 Å². The second-order valence-electron chi connectivity index (χ2n) is 8.21. The smallest absolute Gasteiger partial charge is 0.191 e. The molecule has 1 heterocycles. The van der Waals surface area contributed by atoms with Crippen LogP contribution in [0.5, 0.6) is 11.5 Å². The molecule has 1 aliphatic rings. The maximum atomic E-state index is 9.65. The molecule has 2 aromatic carbocycles. The SMILES string of the molecule is CN=C(NCc1ccc(CN2CCC(O)CC2)cc1)NCC(C)Oc1ccccc1OC.I. The van der Waals surface area contributed by atoms with Crippen LogP contribution in [-0.2, 0) is 13.1 Å². The number of nitrogens with one attached hydrogen (secondary N) is 2. The molecule has 0 radical (unpaired) electrons. The van der Waals surface area contributed by atoms with Gasteiger partial charge in [-0.15, -0.1) is 24.0 Å². The van der Waals surface area contributed by atoms with Gasteiger partial charge in [-0.3, -0.25) is 9.89 Å². The van der Waals surface area contributed by atoms with Crippen LogP contribution in [0.3, 0.4) is 0 Å². The van der Waals surface area contributed by atoms with Gasteiger partial charge in [0.2, 0.25) is 0 Å². The van der Waals surface area contributed by atoms with Crippen molar-refractivity contribution in [2.24, 2.45) is 4.99 Å². The number of benzene rings is 2. The summed E-state index contributed by atoms with van der Waals surface area (Å²) in [6, 6.07) is 16.3. The number of piperidine rings is 1. The molecule has 3 N–H and O–H groups in total. The van der Waals surface area contributed by atoms with Crippen LogP contribution in [0, 0.1) is 0 Å². The van der Waals surface area contributed by atoms with E-state index in [4.69, 9.17) is 9.47 Å². The molecular weight excluding hydrogens is 531 g/mol. The molecule has 0 aliphatic carbocycles. The van der Waals surface area contributed by atoms with Gasteiger partial charge in [0, 0.05) is 33.2 Å². The predicted octanol–water partition coefficient (Wildman–Crippen LogP) is 3.40. The van der Waals surface area contributed by atoms with E-state index in [2.05, 4.69) is 44.8 Å². The molecule has 1 atom stereocenters. The van der Waals surface area contributed by atoms with E-state index >= 15 is 0 Å². The zero-order chi connectivity index (χ0) is 22.8. The standard InChI is InChI=1S/C25H36N4O3.HI/c1-19(32-24-7-5-4-6-23(24)31-3)16-27-25(26-2)28-17-20-8-10-21(11-9-20)18-29-14-12-22(30)13-15-29;/h4-11,19,22,30H,12-18H2,1-3H3,(H2,26,27,28);1H. The van der Waals surface area contributed by atoms with Crippen LogP contribution in [0.4, 0.5) is 0 Å². The highest BCUT2D eigenvalue weighted by molar-refractivity contribution is 14.0. The first-order valence-corrected chi connectivity index (χ1v) is 11.3. The summed E-state index contributed by atoms with van der Waals surface area (Å²) in [5.41, 5.74) is 2.50. The monoisotopic (exact) mass is 568 g/mol. The van der Waals surface area contributed by atoms with E-state index in [1.54, 1.807) is 14.2 Å². The van der Waals surface area contributed by atoms with Gasteiger partial charge in [0.1, 0.15) is 6.10 Å². The van der Waals surface area contributed by atoms with Crippen molar-refractivity contribution in [2.75, 3.05) is 33.8 Å². The lowest BCUT2D eigenvalue weighted by molar-refractivity contribution is 0.0792. The molecule has 0 amide bonds. The molecule has 3 rings (SSSR count). The Labute approximate surface area is 214 Å². The number of ether oxygens (including phenoxy) is 2. The number of aliphatic hydroxyl groups excluding tert-OH is 1. The largest absolute Gasteiger partial charge is 0.493 e. The van der Waals surface area contributed by atoms with Crippen molar-refractivity contribution in [1.82, 2.24) is 15.5 Å². The molecule has 0 spiro atoms. The number of hydrogen-bond acceptors (Lipinski definition) is 5. The lowest BCUT2D eigenvalue weighted by Gasteiger charge is -2.29. The fourth-order valence-corrected chi connectivity index (χ4v) is 3.72. The number of aliphatic hydroxyl groups is 1. The van der Waals surface area contributed by atoms with Crippen molar-refractivity contribution in [1.29, 1.82) is 0 Å². The van der Waals surface area contributed by atoms with Crippen molar-refractivity contribution in [2.45, 2.75) is 45.1 Å². The molecule has 182 valence electrons. The molecule has 1 unspecified atom stereocenters. The number of methoxy groups -OCH3 is 1. The Balaban J connectivity index is 0.00000385. The fourth-order valence-electron chi connectivity index (χ4n) is 3.72. The summed E-state index contributed by atoms with van der Waals surface area (Å²) >= 11 is 0. The zero-order valence-corrected chi connectivity index (χ0v) is 22.1. The van der Waals surface area contributed by atoms with Crippen molar-refractivity contribution >= 4 is 29.9 Å². The number of nitrogens with zero attached hydrogens (tertiary/aromatic N) is 2. The van der Waals surface area contributed by atoms with E-state index in [0.29, 0.717) is 13.1 Å². The summed E-state index contributed by atoms with van der Waals surface area (Å²) in [7, 11) is 3.40. The van der Waals surface area contributed by atoms with Crippen molar-refractivity contribution in [3.63, 3.8) is 0 Å². The molecule has 2 aromatic rings. The lowest BCUT2D eigenvalue weighted by atomic mass is 10.1. The number of halogens is 1. The van der Waals surface area contributed by atoms with Gasteiger partial charge in [0.05, 0.1) is 19.8 Å². The van der Waals surface area contributed by atoms with Crippen LogP contribution in [0.2, 0.25) is 0 Å². The Morgan fingerprint density at radius 2 is 1.70 bits per heavy atom. The maximum Gasteiger partial charge on any atom is 0.191 e. The highest BCUT2D eigenvalue weighted by Crippen LogP contribution is 2.26. The van der Waals surface area contributed by atoms with Gasteiger partial charge in [-0.25, -0.2) is 0 Å².